The van der Waals surface area contributed by atoms with E-state index in [9.17, 15) is 9.59 Å². The van der Waals surface area contributed by atoms with E-state index in [-0.39, 0.29) is 17.2 Å². The van der Waals surface area contributed by atoms with Crippen molar-refractivity contribution in [3.8, 4) is 0 Å². The van der Waals surface area contributed by atoms with Crippen LogP contribution in [0.3, 0.4) is 0 Å². The number of carbonyl (C=O) groups excluding carboxylic acids is 1. The first kappa shape index (κ1) is 13.2. The quantitative estimate of drug-likeness (QED) is 0.900. The highest BCUT2D eigenvalue weighted by Crippen LogP contribution is 2.37. The van der Waals surface area contributed by atoms with Gasteiger partial charge in [-0.1, -0.05) is 0 Å². The maximum Gasteiger partial charge on any atom is 0.274 e. The average molecular weight is 299 g/mol. The van der Waals surface area contributed by atoms with Crippen molar-refractivity contribution < 1.29 is 4.79 Å². The third kappa shape index (κ3) is 2.54. The molecule has 0 aromatic carbocycles. The van der Waals surface area contributed by atoms with Gasteiger partial charge in [0.15, 0.2) is 0 Å². The minimum Gasteiger partial charge on any atom is -0.318 e. The first-order valence-electron chi connectivity index (χ1n) is 7.66. The molecule has 1 amide bonds. The van der Waals surface area contributed by atoms with Gasteiger partial charge in [0, 0.05) is 18.2 Å². The second-order valence-electron chi connectivity index (χ2n) is 6.04. The van der Waals surface area contributed by atoms with Gasteiger partial charge < -0.3 is 10.3 Å². The summed E-state index contributed by atoms with van der Waals surface area (Å²) < 4.78 is 1.89. The van der Waals surface area contributed by atoms with Crippen LogP contribution in [0.2, 0.25) is 0 Å². The number of aromatic amines is 1. The van der Waals surface area contributed by atoms with E-state index >= 15 is 0 Å². The summed E-state index contributed by atoms with van der Waals surface area (Å²) in [6.07, 6.45) is 8.99. The number of hydrogen-bond donors (Lipinski definition) is 2. The van der Waals surface area contributed by atoms with Crippen LogP contribution in [0, 0.1) is 0 Å². The maximum absolute atomic E-state index is 12.3. The van der Waals surface area contributed by atoms with Crippen molar-refractivity contribution in [2.24, 2.45) is 0 Å². The zero-order valence-electron chi connectivity index (χ0n) is 12.1. The molecule has 2 heterocycles. The Morgan fingerprint density at radius 2 is 2.14 bits per heavy atom. The van der Waals surface area contributed by atoms with Crippen LogP contribution in [0.5, 0.6) is 0 Å². The van der Waals surface area contributed by atoms with E-state index < -0.39 is 0 Å². The van der Waals surface area contributed by atoms with E-state index in [4.69, 9.17) is 0 Å². The first-order chi connectivity index (χ1) is 10.7. The smallest absolute Gasteiger partial charge is 0.274 e. The predicted molar refractivity (Wildman–Crippen MR) is 79.9 cm³/mol. The molecule has 2 N–H and O–H groups in total. The normalized spacial score (nSPS) is 18.0. The third-order valence-electron chi connectivity index (χ3n) is 4.26. The molecule has 0 radical (unpaired) electrons. The average Bonchev–Trinajstić information content (AvgIpc) is 3.19. The van der Waals surface area contributed by atoms with Gasteiger partial charge in [-0.25, -0.2) is 4.98 Å². The molecule has 4 rings (SSSR count). The molecular formula is C15H17N5O2. The van der Waals surface area contributed by atoms with E-state index in [1.165, 1.54) is 12.5 Å². The Morgan fingerprint density at radius 1 is 1.32 bits per heavy atom. The number of carbonyl (C=O) groups is 1. The summed E-state index contributed by atoms with van der Waals surface area (Å²) in [4.78, 5) is 30.9. The fraction of sp³-hybridized carbons (Fsp3) is 0.467. The molecule has 0 saturated heterocycles. The molecule has 22 heavy (non-hydrogen) atoms. The van der Waals surface area contributed by atoms with Crippen molar-refractivity contribution in [2.45, 2.75) is 44.1 Å². The van der Waals surface area contributed by atoms with E-state index in [1.807, 2.05) is 10.9 Å². The van der Waals surface area contributed by atoms with Gasteiger partial charge in [0.25, 0.3) is 11.5 Å². The van der Waals surface area contributed by atoms with Gasteiger partial charge in [0.05, 0.1) is 17.9 Å². The number of anilines is 1. The van der Waals surface area contributed by atoms with Gasteiger partial charge in [-0.3, -0.25) is 14.3 Å². The Balaban J connectivity index is 1.51. The lowest BCUT2D eigenvalue weighted by Crippen LogP contribution is -2.20. The predicted octanol–water partition coefficient (Wildman–Crippen LogP) is 1.82. The van der Waals surface area contributed by atoms with Crippen LogP contribution in [-0.2, 0) is 0 Å². The SMILES string of the molecule is O=C(Nc1cnn(C2CCC2)c1)c1cc(=O)[nH]c(C2CC2)n1. The first-order valence-corrected chi connectivity index (χ1v) is 7.66. The van der Waals surface area contributed by atoms with Gasteiger partial charge in [-0.05, 0) is 32.1 Å². The lowest BCUT2D eigenvalue weighted by atomic mass is 9.93. The molecule has 0 bridgehead atoms. The fourth-order valence-corrected chi connectivity index (χ4v) is 2.59. The molecule has 0 spiro atoms. The van der Waals surface area contributed by atoms with Crippen LogP contribution in [-0.4, -0.2) is 25.7 Å². The summed E-state index contributed by atoms with van der Waals surface area (Å²) in [6.45, 7) is 0. The summed E-state index contributed by atoms with van der Waals surface area (Å²) in [6, 6.07) is 1.68. The highest BCUT2D eigenvalue weighted by atomic mass is 16.2. The van der Waals surface area contributed by atoms with Crippen LogP contribution in [0.1, 0.15) is 60.4 Å². The largest absolute Gasteiger partial charge is 0.318 e. The molecule has 2 aliphatic carbocycles. The van der Waals surface area contributed by atoms with Crippen molar-refractivity contribution in [3.05, 3.63) is 40.3 Å². The Kier molecular flexibility index (Phi) is 3.06. The molecule has 2 aromatic rings. The van der Waals surface area contributed by atoms with Crippen LogP contribution in [0.4, 0.5) is 5.69 Å². The van der Waals surface area contributed by atoms with E-state index in [2.05, 4.69) is 20.4 Å². The zero-order chi connectivity index (χ0) is 15.1. The van der Waals surface area contributed by atoms with Gasteiger partial charge >= 0.3 is 0 Å². The summed E-state index contributed by atoms with van der Waals surface area (Å²) in [5, 5.41) is 7.03. The minimum absolute atomic E-state index is 0.155. The minimum atomic E-state index is -0.374. The molecule has 0 atom stereocenters. The van der Waals surface area contributed by atoms with Crippen molar-refractivity contribution in [3.63, 3.8) is 0 Å². The highest BCUT2D eigenvalue weighted by Gasteiger charge is 2.27. The van der Waals surface area contributed by atoms with Crippen molar-refractivity contribution >= 4 is 11.6 Å². The van der Waals surface area contributed by atoms with E-state index in [0.29, 0.717) is 23.5 Å². The number of H-pyrrole nitrogens is 1. The monoisotopic (exact) mass is 299 g/mol. The molecular weight excluding hydrogens is 282 g/mol. The molecule has 7 nitrogen and oxygen atoms in total. The summed E-state index contributed by atoms with van der Waals surface area (Å²) in [5.74, 6) is 0.533. The van der Waals surface area contributed by atoms with Crippen LogP contribution in [0.25, 0.3) is 0 Å². The van der Waals surface area contributed by atoms with Crippen LogP contribution >= 0.6 is 0 Å². The lowest BCUT2D eigenvalue weighted by Gasteiger charge is -2.25. The number of hydrogen-bond acceptors (Lipinski definition) is 4. The van der Waals surface area contributed by atoms with Crippen molar-refractivity contribution in [2.75, 3.05) is 5.32 Å². The Hall–Kier alpha value is -2.44. The van der Waals surface area contributed by atoms with E-state index in [1.54, 1.807) is 6.20 Å². The second-order valence-corrected chi connectivity index (χ2v) is 6.04. The Morgan fingerprint density at radius 3 is 2.82 bits per heavy atom. The molecule has 2 fully saturated rings. The van der Waals surface area contributed by atoms with Gasteiger partial charge in [-0.15, -0.1) is 0 Å². The molecule has 2 saturated carbocycles. The third-order valence-corrected chi connectivity index (χ3v) is 4.26. The van der Waals surface area contributed by atoms with Gasteiger partial charge in [0.1, 0.15) is 11.5 Å². The maximum atomic E-state index is 12.3. The molecule has 0 unspecified atom stereocenters. The van der Waals surface area contributed by atoms with Gasteiger partial charge in [-0.2, -0.15) is 5.10 Å². The lowest BCUT2D eigenvalue weighted by molar-refractivity contribution is 0.102. The number of nitrogens with one attached hydrogen (secondary N) is 2. The topological polar surface area (TPSA) is 92.7 Å². The second kappa shape index (κ2) is 5.08. The Labute approximate surface area is 126 Å². The van der Waals surface area contributed by atoms with Crippen LogP contribution in [0.15, 0.2) is 23.3 Å². The van der Waals surface area contributed by atoms with Crippen molar-refractivity contribution in [1.82, 2.24) is 19.7 Å². The zero-order valence-corrected chi connectivity index (χ0v) is 12.1. The molecule has 2 aliphatic rings. The summed E-state index contributed by atoms with van der Waals surface area (Å²) >= 11 is 0. The molecule has 2 aromatic heterocycles. The summed E-state index contributed by atoms with van der Waals surface area (Å²) in [5.41, 5.74) is 0.501. The van der Waals surface area contributed by atoms with E-state index in [0.717, 1.165) is 25.7 Å². The van der Waals surface area contributed by atoms with Crippen molar-refractivity contribution in [1.29, 1.82) is 0 Å². The van der Waals surface area contributed by atoms with Crippen LogP contribution < -0.4 is 10.9 Å². The number of amides is 1. The highest BCUT2D eigenvalue weighted by molar-refractivity contribution is 6.02. The standard InChI is InChI=1S/C15H17N5O2/c21-13-6-12(18-14(19-13)9-4-5-9)15(22)17-10-7-16-20(8-10)11-2-1-3-11/h6-9,11H,1-5H2,(H,17,22)(H,18,19,21). The molecule has 0 aliphatic heterocycles. The Bertz CT molecular complexity index is 770. The molecule has 7 heteroatoms. The fourth-order valence-electron chi connectivity index (χ4n) is 2.59. The number of rotatable bonds is 4. The number of aromatic nitrogens is 4. The molecule has 114 valence electrons. The number of nitrogens with zero attached hydrogens (tertiary/aromatic N) is 3. The summed E-state index contributed by atoms with van der Waals surface area (Å²) in [7, 11) is 0. The van der Waals surface area contributed by atoms with Gasteiger partial charge in [0.2, 0.25) is 0 Å².